The molecule has 3 aromatic rings. The normalized spacial score (nSPS) is 17.8. The number of fused-ring (bicyclic) bond motifs is 1. The number of hydrogen-bond acceptors (Lipinski definition) is 9. The number of nitrogens with zero attached hydrogens (tertiary/aromatic N) is 8. The van der Waals surface area contributed by atoms with E-state index in [9.17, 15) is 0 Å². The van der Waals surface area contributed by atoms with Crippen molar-refractivity contribution in [3.05, 3.63) is 30.4 Å². The molecule has 0 unspecified atom stereocenters. The van der Waals surface area contributed by atoms with Crippen molar-refractivity contribution in [3.63, 3.8) is 0 Å². The Morgan fingerprint density at radius 1 is 0.967 bits per heavy atom. The van der Waals surface area contributed by atoms with E-state index in [0.29, 0.717) is 0 Å². The Morgan fingerprint density at radius 3 is 2.50 bits per heavy atom. The molecular weight excluding hydrogens is 396 g/mol. The van der Waals surface area contributed by atoms with Gasteiger partial charge in [0.2, 0.25) is 5.13 Å². The quantitative estimate of drug-likeness (QED) is 0.619. The highest BCUT2D eigenvalue weighted by molar-refractivity contribution is 7.09. The van der Waals surface area contributed by atoms with Gasteiger partial charge in [0.05, 0.1) is 12.1 Å². The second-order valence-electron chi connectivity index (χ2n) is 8.24. The van der Waals surface area contributed by atoms with E-state index < -0.39 is 0 Å². The first-order valence-corrected chi connectivity index (χ1v) is 11.4. The molecule has 30 heavy (non-hydrogen) atoms. The third kappa shape index (κ3) is 3.91. The van der Waals surface area contributed by atoms with E-state index in [0.717, 1.165) is 68.1 Å². The van der Waals surface area contributed by atoms with Gasteiger partial charge < -0.3 is 14.7 Å². The molecule has 5 rings (SSSR count). The number of anilines is 3. The summed E-state index contributed by atoms with van der Waals surface area (Å²) in [5.74, 6) is 2.01. The second kappa shape index (κ2) is 8.31. The fraction of sp³-hybridized carbons (Fsp3) is 0.524. The molecule has 2 aliphatic rings. The van der Waals surface area contributed by atoms with E-state index in [1.807, 2.05) is 19.0 Å². The Balaban J connectivity index is 1.28. The van der Waals surface area contributed by atoms with Gasteiger partial charge in [0.25, 0.3) is 0 Å². The lowest BCUT2D eigenvalue weighted by molar-refractivity contribution is 0.245. The minimum atomic E-state index is 0.822. The van der Waals surface area contributed by atoms with Gasteiger partial charge in [-0.2, -0.15) is 4.37 Å². The number of benzene rings is 1. The first kappa shape index (κ1) is 19.4. The third-order valence-electron chi connectivity index (χ3n) is 5.95. The summed E-state index contributed by atoms with van der Waals surface area (Å²) >= 11 is 1.47. The molecule has 0 bridgehead atoms. The van der Waals surface area contributed by atoms with Crippen LogP contribution in [0, 0.1) is 0 Å². The smallest absolute Gasteiger partial charge is 0.204 e. The molecule has 2 fully saturated rings. The van der Waals surface area contributed by atoms with Crippen molar-refractivity contribution in [1.82, 2.24) is 24.2 Å². The zero-order valence-corrected chi connectivity index (χ0v) is 18.5. The minimum Gasteiger partial charge on any atom is -0.369 e. The van der Waals surface area contributed by atoms with E-state index in [2.05, 4.69) is 52.2 Å². The predicted octanol–water partition coefficient (Wildman–Crippen LogP) is 2.47. The van der Waals surface area contributed by atoms with Crippen LogP contribution in [0.3, 0.4) is 0 Å². The van der Waals surface area contributed by atoms with Gasteiger partial charge in [0, 0.05) is 76.0 Å². The first-order chi connectivity index (χ1) is 14.7. The first-order valence-electron chi connectivity index (χ1n) is 10.6. The zero-order valence-electron chi connectivity index (χ0n) is 17.7. The highest BCUT2D eigenvalue weighted by Gasteiger charge is 2.21. The highest BCUT2D eigenvalue weighted by atomic mass is 32.1. The molecule has 0 amide bonds. The predicted molar refractivity (Wildman–Crippen MR) is 123 cm³/mol. The van der Waals surface area contributed by atoms with Crippen molar-refractivity contribution in [2.45, 2.75) is 19.4 Å². The van der Waals surface area contributed by atoms with Crippen molar-refractivity contribution >= 4 is 39.1 Å². The second-order valence-corrected chi connectivity index (χ2v) is 8.97. The lowest BCUT2D eigenvalue weighted by Crippen LogP contribution is -2.46. The summed E-state index contributed by atoms with van der Waals surface area (Å²) in [5.41, 5.74) is 2.29. The molecule has 2 saturated heterocycles. The largest absolute Gasteiger partial charge is 0.369 e. The summed E-state index contributed by atoms with van der Waals surface area (Å²) in [5, 5.41) is 2.14. The van der Waals surface area contributed by atoms with Crippen molar-refractivity contribution in [2.75, 3.05) is 68.1 Å². The fourth-order valence-corrected chi connectivity index (χ4v) is 4.86. The summed E-state index contributed by atoms with van der Waals surface area (Å²) in [6.45, 7) is 7.04. The van der Waals surface area contributed by atoms with Crippen LogP contribution in [0.5, 0.6) is 0 Å². The lowest BCUT2D eigenvalue weighted by atomic mass is 10.1. The number of hydrogen-bond donors (Lipinski definition) is 0. The van der Waals surface area contributed by atoms with Crippen molar-refractivity contribution in [1.29, 1.82) is 0 Å². The Hall–Kier alpha value is -2.52. The molecule has 0 spiro atoms. The molecule has 0 saturated carbocycles. The van der Waals surface area contributed by atoms with Gasteiger partial charge in [0.1, 0.15) is 12.1 Å². The SMILES string of the molecule is CN(C)c1nc(CN2CCN(c3ccc4ncnc(N5CCCC5)c4c3)CC2)ns1. The number of rotatable bonds is 5. The van der Waals surface area contributed by atoms with Gasteiger partial charge >= 0.3 is 0 Å². The molecule has 158 valence electrons. The Labute approximate surface area is 181 Å². The van der Waals surface area contributed by atoms with Crippen LogP contribution in [0.1, 0.15) is 18.7 Å². The lowest BCUT2D eigenvalue weighted by Gasteiger charge is -2.35. The van der Waals surface area contributed by atoms with Crippen LogP contribution in [0.25, 0.3) is 10.9 Å². The van der Waals surface area contributed by atoms with Gasteiger partial charge in [-0.05, 0) is 31.0 Å². The van der Waals surface area contributed by atoms with E-state index in [-0.39, 0.29) is 0 Å². The van der Waals surface area contributed by atoms with E-state index >= 15 is 0 Å². The summed E-state index contributed by atoms with van der Waals surface area (Å²) < 4.78 is 4.51. The van der Waals surface area contributed by atoms with Crippen LogP contribution in [0.15, 0.2) is 24.5 Å². The third-order valence-corrected chi connectivity index (χ3v) is 6.87. The van der Waals surface area contributed by atoms with Gasteiger partial charge in [-0.1, -0.05) is 0 Å². The average molecular weight is 425 g/mol. The maximum Gasteiger partial charge on any atom is 0.204 e. The topological polar surface area (TPSA) is 64.5 Å². The van der Waals surface area contributed by atoms with Crippen LogP contribution in [0.2, 0.25) is 0 Å². The summed E-state index contributed by atoms with van der Waals surface area (Å²) in [4.78, 5) is 23.1. The average Bonchev–Trinajstić information content (AvgIpc) is 3.46. The molecule has 4 heterocycles. The van der Waals surface area contributed by atoms with Crippen LogP contribution < -0.4 is 14.7 Å². The highest BCUT2D eigenvalue weighted by Crippen LogP contribution is 2.30. The molecule has 1 aromatic carbocycles. The maximum absolute atomic E-state index is 4.62. The molecule has 0 aliphatic carbocycles. The van der Waals surface area contributed by atoms with Gasteiger partial charge in [0.15, 0.2) is 5.82 Å². The molecule has 2 aliphatic heterocycles. The zero-order chi connectivity index (χ0) is 20.5. The Bertz CT molecular complexity index is 1010. The van der Waals surface area contributed by atoms with Crippen molar-refractivity contribution in [2.24, 2.45) is 0 Å². The van der Waals surface area contributed by atoms with E-state index in [4.69, 9.17) is 0 Å². The molecule has 0 N–H and O–H groups in total. The molecule has 9 heteroatoms. The van der Waals surface area contributed by atoms with Crippen molar-refractivity contribution in [3.8, 4) is 0 Å². The van der Waals surface area contributed by atoms with Crippen LogP contribution >= 0.6 is 11.5 Å². The standard InChI is InChI=1S/C21H28N8S/c1-26(2)21-24-19(25-30-21)14-27-9-11-28(12-10-27)16-5-6-18-17(13-16)20(23-15-22-18)29-7-3-4-8-29/h5-6,13,15H,3-4,7-12,14H2,1-2H3. The van der Waals surface area contributed by atoms with Gasteiger partial charge in [-0.25, -0.2) is 15.0 Å². The monoisotopic (exact) mass is 424 g/mol. The Kier molecular flexibility index (Phi) is 5.39. The van der Waals surface area contributed by atoms with E-state index in [1.165, 1.54) is 35.4 Å². The van der Waals surface area contributed by atoms with Gasteiger partial charge in [-0.15, -0.1) is 0 Å². The summed E-state index contributed by atoms with van der Waals surface area (Å²) in [7, 11) is 4.01. The number of piperazine rings is 1. The molecule has 0 radical (unpaired) electrons. The van der Waals surface area contributed by atoms with Crippen LogP contribution in [-0.2, 0) is 6.54 Å². The molecule has 8 nitrogen and oxygen atoms in total. The molecule has 0 atom stereocenters. The minimum absolute atomic E-state index is 0.822. The van der Waals surface area contributed by atoms with Crippen LogP contribution in [0.4, 0.5) is 16.6 Å². The van der Waals surface area contributed by atoms with Gasteiger partial charge in [-0.3, -0.25) is 4.90 Å². The van der Waals surface area contributed by atoms with Crippen molar-refractivity contribution < 1.29 is 0 Å². The Morgan fingerprint density at radius 2 is 1.77 bits per heavy atom. The van der Waals surface area contributed by atoms with Crippen LogP contribution in [-0.4, -0.2) is 77.6 Å². The van der Waals surface area contributed by atoms with E-state index in [1.54, 1.807) is 6.33 Å². The summed E-state index contributed by atoms with van der Waals surface area (Å²) in [6, 6.07) is 6.62. The molecular formula is C21H28N8S. The fourth-order valence-electron chi connectivity index (χ4n) is 4.26. The summed E-state index contributed by atoms with van der Waals surface area (Å²) in [6.07, 6.45) is 4.19. The molecule has 2 aromatic heterocycles. The maximum atomic E-state index is 4.62. The number of aromatic nitrogens is 4.